The average Bonchev–Trinajstić information content (AvgIpc) is 3.11. The number of rotatable bonds is 5. The van der Waals surface area contributed by atoms with E-state index in [0.717, 1.165) is 0 Å². The number of methoxy groups -OCH3 is 1. The molecule has 0 aliphatic carbocycles. The maximum absolute atomic E-state index is 12.5. The van der Waals surface area contributed by atoms with E-state index in [1.54, 1.807) is 30.9 Å². The van der Waals surface area contributed by atoms with E-state index >= 15 is 0 Å². The normalized spacial score (nSPS) is 16.6. The van der Waals surface area contributed by atoms with E-state index in [1.807, 2.05) is 0 Å². The van der Waals surface area contributed by atoms with Gasteiger partial charge in [0.05, 0.1) is 20.0 Å². The smallest absolute Gasteiger partial charge is 0.256 e. The minimum absolute atomic E-state index is 0.0258. The highest BCUT2D eigenvalue weighted by atomic mass is 16.5. The summed E-state index contributed by atoms with van der Waals surface area (Å²) >= 11 is 0. The quantitative estimate of drug-likeness (QED) is 0.759. The summed E-state index contributed by atoms with van der Waals surface area (Å²) in [6, 6.07) is 3.34. The Morgan fingerprint density at radius 1 is 1.27 bits per heavy atom. The summed E-state index contributed by atoms with van der Waals surface area (Å²) < 4.78 is 12.1. The van der Waals surface area contributed by atoms with E-state index in [1.165, 1.54) is 18.0 Å². The van der Waals surface area contributed by atoms with E-state index < -0.39 is 0 Å². The molecule has 9 nitrogen and oxygen atoms in total. The third-order valence-corrected chi connectivity index (χ3v) is 4.43. The number of hydrogen-bond acceptors (Lipinski definition) is 7. The number of aryl methyl sites for hydroxylation is 1. The van der Waals surface area contributed by atoms with Crippen molar-refractivity contribution >= 4 is 5.91 Å². The third kappa shape index (κ3) is 3.81. The minimum Gasteiger partial charge on any atom is -0.480 e. The summed E-state index contributed by atoms with van der Waals surface area (Å²) in [7, 11) is 1.52. The Bertz CT molecular complexity index is 849. The van der Waals surface area contributed by atoms with Crippen LogP contribution in [-0.2, 0) is 11.3 Å². The van der Waals surface area contributed by atoms with Crippen LogP contribution >= 0.6 is 0 Å². The molecular formula is C17H21N5O4. The van der Waals surface area contributed by atoms with Crippen LogP contribution in [0.5, 0.6) is 11.8 Å². The van der Waals surface area contributed by atoms with Crippen molar-refractivity contribution in [1.82, 2.24) is 24.6 Å². The zero-order chi connectivity index (χ0) is 18.7. The lowest BCUT2D eigenvalue weighted by atomic mass is 10.3. The van der Waals surface area contributed by atoms with Gasteiger partial charge in [0.1, 0.15) is 12.6 Å². The molecule has 0 bridgehead atoms. The van der Waals surface area contributed by atoms with Crippen LogP contribution in [0.4, 0.5) is 0 Å². The molecule has 2 aromatic rings. The Hall–Kier alpha value is -2.97. The zero-order valence-electron chi connectivity index (χ0n) is 15.0. The van der Waals surface area contributed by atoms with Crippen molar-refractivity contribution in [3.8, 4) is 11.8 Å². The number of carbonyl (C=O) groups excluding carboxylic acids is 1. The Labute approximate surface area is 150 Å². The van der Waals surface area contributed by atoms with Crippen LogP contribution in [0, 0.1) is 13.8 Å². The van der Waals surface area contributed by atoms with E-state index in [-0.39, 0.29) is 24.1 Å². The number of aromatic nitrogens is 4. The topological polar surface area (TPSA) is 99.4 Å². The van der Waals surface area contributed by atoms with Crippen LogP contribution < -0.4 is 15.0 Å². The van der Waals surface area contributed by atoms with Crippen LogP contribution in [0.15, 0.2) is 23.3 Å². The summed E-state index contributed by atoms with van der Waals surface area (Å²) in [5.41, 5.74) is 1.04. The Morgan fingerprint density at radius 2 is 2.00 bits per heavy atom. The summed E-state index contributed by atoms with van der Waals surface area (Å²) in [5.74, 6) is 0.664. The van der Waals surface area contributed by atoms with Gasteiger partial charge >= 0.3 is 0 Å². The molecule has 0 radical (unpaired) electrons. The lowest BCUT2D eigenvalue weighted by molar-refractivity contribution is -0.131. The second-order valence-electron chi connectivity index (χ2n) is 6.17. The highest BCUT2D eigenvalue weighted by molar-refractivity contribution is 5.76. The predicted octanol–water partition coefficient (Wildman–Crippen LogP) is 0.339. The van der Waals surface area contributed by atoms with Crippen LogP contribution in [0.1, 0.15) is 17.7 Å². The fraction of sp³-hybridized carbons (Fsp3) is 0.471. The van der Waals surface area contributed by atoms with Gasteiger partial charge < -0.3 is 14.4 Å². The van der Waals surface area contributed by atoms with Gasteiger partial charge in [-0.2, -0.15) is 0 Å². The Balaban J connectivity index is 1.58. The highest BCUT2D eigenvalue weighted by Crippen LogP contribution is 2.17. The van der Waals surface area contributed by atoms with Gasteiger partial charge in [-0.05, 0) is 13.8 Å². The second kappa shape index (κ2) is 7.51. The van der Waals surface area contributed by atoms with Gasteiger partial charge in [-0.1, -0.05) is 0 Å². The maximum Gasteiger partial charge on any atom is 0.256 e. The summed E-state index contributed by atoms with van der Waals surface area (Å²) in [6.07, 6.45) is 1.95. The fourth-order valence-electron chi connectivity index (χ4n) is 2.74. The highest BCUT2D eigenvalue weighted by Gasteiger charge is 2.28. The summed E-state index contributed by atoms with van der Waals surface area (Å²) in [4.78, 5) is 30.5. The number of ether oxygens (including phenoxy) is 2. The number of likely N-dealkylation sites (tertiary alicyclic amines) is 1. The molecule has 3 heterocycles. The van der Waals surface area contributed by atoms with E-state index in [4.69, 9.17) is 9.47 Å². The van der Waals surface area contributed by atoms with Gasteiger partial charge in [-0.25, -0.2) is 4.98 Å². The molecule has 9 heteroatoms. The first-order valence-electron chi connectivity index (χ1n) is 8.32. The molecule has 1 amide bonds. The molecule has 26 heavy (non-hydrogen) atoms. The molecule has 1 saturated heterocycles. The molecule has 0 spiro atoms. The summed E-state index contributed by atoms with van der Waals surface area (Å²) in [5, 5.41) is 7.78. The van der Waals surface area contributed by atoms with Crippen molar-refractivity contribution in [3.63, 3.8) is 0 Å². The first kappa shape index (κ1) is 17.8. The molecule has 1 atom stereocenters. The molecule has 0 aromatic carbocycles. The van der Waals surface area contributed by atoms with Crippen LogP contribution in [0.3, 0.4) is 0 Å². The Kier molecular flexibility index (Phi) is 5.15. The zero-order valence-corrected chi connectivity index (χ0v) is 15.0. The number of carbonyl (C=O) groups is 1. The van der Waals surface area contributed by atoms with E-state index in [0.29, 0.717) is 42.5 Å². The molecule has 1 aliphatic rings. The van der Waals surface area contributed by atoms with E-state index in [9.17, 15) is 9.59 Å². The second-order valence-corrected chi connectivity index (χ2v) is 6.17. The summed E-state index contributed by atoms with van der Waals surface area (Å²) in [6.45, 7) is 4.47. The molecule has 0 unspecified atom stereocenters. The molecule has 3 rings (SSSR count). The first-order valence-corrected chi connectivity index (χ1v) is 8.32. The van der Waals surface area contributed by atoms with Gasteiger partial charge in [0.2, 0.25) is 17.7 Å². The van der Waals surface area contributed by atoms with Gasteiger partial charge in [0, 0.05) is 36.4 Å². The largest absolute Gasteiger partial charge is 0.480 e. The van der Waals surface area contributed by atoms with Crippen molar-refractivity contribution in [3.05, 3.63) is 40.1 Å². The van der Waals surface area contributed by atoms with Crippen molar-refractivity contribution in [2.45, 2.75) is 32.9 Å². The number of hydrogen-bond donors (Lipinski definition) is 0. The SMILES string of the molecule is COc1ccc(O[C@@H]2CCN(C(=O)Cn3cnc(C)c(C)c3=O)C2)nn1. The lowest BCUT2D eigenvalue weighted by Gasteiger charge is -2.17. The molecule has 1 fully saturated rings. The standard InChI is InChI=1S/C17H21N5O4/c1-11-12(2)18-10-22(17(11)24)9-16(23)21-7-6-13(8-21)26-15-5-4-14(25-3)19-20-15/h4-5,10,13H,6-9H2,1-3H3/t13-/m1/s1. The van der Waals surface area contributed by atoms with Crippen molar-refractivity contribution in [1.29, 1.82) is 0 Å². The molecular weight excluding hydrogens is 338 g/mol. The molecule has 0 N–H and O–H groups in total. The van der Waals surface area contributed by atoms with Crippen molar-refractivity contribution in [2.75, 3.05) is 20.2 Å². The number of nitrogens with zero attached hydrogens (tertiary/aromatic N) is 5. The van der Waals surface area contributed by atoms with Gasteiger partial charge in [0.15, 0.2) is 0 Å². The maximum atomic E-state index is 12.5. The molecule has 1 aliphatic heterocycles. The van der Waals surface area contributed by atoms with E-state index in [2.05, 4.69) is 15.2 Å². The third-order valence-electron chi connectivity index (χ3n) is 4.43. The van der Waals surface area contributed by atoms with Crippen LogP contribution in [0.2, 0.25) is 0 Å². The average molecular weight is 359 g/mol. The van der Waals surface area contributed by atoms with Crippen molar-refractivity contribution in [2.24, 2.45) is 0 Å². The lowest BCUT2D eigenvalue weighted by Crippen LogP contribution is -2.36. The predicted molar refractivity (Wildman–Crippen MR) is 92.2 cm³/mol. The van der Waals surface area contributed by atoms with Crippen LogP contribution in [-0.4, -0.2) is 56.9 Å². The van der Waals surface area contributed by atoms with Crippen molar-refractivity contribution < 1.29 is 14.3 Å². The minimum atomic E-state index is -0.189. The molecule has 138 valence electrons. The van der Waals surface area contributed by atoms with Gasteiger partial charge in [-0.3, -0.25) is 14.2 Å². The van der Waals surface area contributed by atoms with Gasteiger partial charge in [0.25, 0.3) is 5.56 Å². The Morgan fingerprint density at radius 3 is 2.69 bits per heavy atom. The fourth-order valence-corrected chi connectivity index (χ4v) is 2.74. The first-order chi connectivity index (χ1) is 12.5. The molecule has 2 aromatic heterocycles. The van der Waals surface area contributed by atoms with Gasteiger partial charge in [-0.15, -0.1) is 10.2 Å². The van der Waals surface area contributed by atoms with Crippen LogP contribution in [0.25, 0.3) is 0 Å². The monoisotopic (exact) mass is 359 g/mol. The molecule has 0 saturated carbocycles. The number of amides is 1.